The third-order valence-electron chi connectivity index (χ3n) is 5.63. The lowest BCUT2D eigenvalue weighted by Gasteiger charge is -2.36. The zero-order valence-corrected chi connectivity index (χ0v) is 16.9. The van der Waals surface area contributed by atoms with Crippen LogP contribution < -0.4 is 4.90 Å². The van der Waals surface area contributed by atoms with Gasteiger partial charge in [-0.05, 0) is 38.1 Å². The highest BCUT2D eigenvalue weighted by Gasteiger charge is 2.39. The largest absolute Gasteiger partial charge is 0.340 e. The van der Waals surface area contributed by atoms with E-state index in [2.05, 4.69) is 61.0 Å². The second-order valence-corrected chi connectivity index (χ2v) is 7.89. The molecule has 2 aromatic carbocycles. The minimum absolute atomic E-state index is 0.0738. The van der Waals surface area contributed by atoms with Crippen LogP contribution in [0.5, 0.6) is 0 Å². The first kappa shape index (κ1) is 18.7. The van der Waals surface area contributed by atoms with Crippen LogP contribution >= 0.6 is 0 Å². The van der Waals surface area contributed by atoms with Crippen LogP contribution in [0.4, 0.5) is 5.69 Å². The van der Waals surface area contributed by atoms with E-state index in [1.165, 1.54) is 5.56 Å². The molecule has 2 aliphatic heterocycles. The number of amides is 1. The molecular formula is C23H28N4O. The fourth-order valence-corrected chi connectivity index (χ4v) is 3.98. The van der Waals surface area contributed by atoms with E-state index < -0.39 is 0 Å². The molecule has 0 saturated carbocycles. The fraction of sp³-hybridized carbons (Fsp3) is 0.391. The van der Waals surface area contributed by atoms with Crippen LogP contribution in [0.1, 0.15) is 16.7 Å². The number of aliphatic imine (C=N–C) groups is 1. The van der Waals surface area contributed by atoms with E-state index in [0.29, 0.717) is 6.42 Å². The third kappa shape index (κ3) is 3.67. The van der Waals surface area contributed by atoms with Gasteiger partial charge in [0.25, 0.3) is 5.91 Å². The van der Waals surface area contributed by atoms with E-state index in [1.807, 2.05) is 23.1 Å². The van der Waals surface area contributed by atoms with Crippen molar-refractivity contribution < 1.29 is 4.79 Å². The lowest BCUT2D eigenvalue weighted by atomic mass is 10.1. The van der Waals surface area contributed by atoms with Crippen molar-refractivity contribution in [2.75, 3.05) is 38.1 Å². The number of carbonyl (C=O) groups excluding carboxylic acids is 1. The normalized spacial score (nSPS) is 20.6. The van der Waals surface area contributed by atoms with Crippen molar-refractivity contribution in [1.82, 2.24) is 9.80 Å². The molecule has 0 N–H and O–H groups in total. The first-order chi connectivity index (χ1) is 13.5. The molecule has 0 bridgehead atoms. The zero-order valence-electron chi connectivity index (χ0n) is 16.9. The Morgan fingerprint density at radius 2 is 1.71 bits per heavy atom. The second kappa shape index (κ2) is 7.76. The number of piperazine rings is 1. The van der Waals surface area contributed by atoms with E-state index in [-0.39, 0.29) is 11.9 Å². The summed E-state index contributed by atoms with van der Waals surface area (Å²) in [5, 5.41) is 0. The van der Waals surface area contributed by atoms with Gasteiger partial charge in [-0.2, -0.15) is 0 Å². The lowest BCUT2D eigenvalue weighted by molar-refractivity contribution is -0.118. The van der Waals surface area contributed by atoms with Crippen LogP contribution in [-0.2, 0) is 11.2 Å². The van der Waals surface area contributed by atoms with Crippen molar-refractivity contribution >= 4 is 17.6 Å². The first-order valence-corrected chi connectivity index (χ1v) is 9.99. The van der Waals surface area contributed by atoms with Gasteiger partial charge in [-0.15, -0.1) is 0 Å². The average Bonchev–Trinajstić information content (AvgIpc) is 3.00. The van der Waals surface area contributed by atoms with Crippen LogP contribution in [0.25, 0.3) is 0 Å². The number of benzene rings is 2. The number of anilines is 1. The van der Waals surface area contributed by atoms with Crippen LogP contribution in [-0.4, -0.2) is 60.9 Å². The van der Waals surface area contributed by atoms with Crippen molar-refractivity contribution in [2.45, 2.75) is 26.3 Å². The predicted molar refractivity (Wildman–Crippen MR) is 114 cm³/mol. The van der Waals surface area contributed by atoms with Gasteiger partial charge >= 0.3 is 0 Å². The number of nitrogens with zero attached hydrogens (tertiary/aromatic N) is 4. The monoisotopic (exact) mass is 376 g/mol. The van der Waals surface area contributed by atoms with Gasteiger partial charge in [-0.25, -0.2) is 9.89 Å². The van der Waals surface area contributed by atoms with Crippen LogP contribution in [0.15, 0.2) is 53.5 Å². The van der Waals surface area contributed by atoms with E-state index >= 15 is 0 Å². The molecule has 1 saturated heterocycles. The van der Waals surface area contributed by atoms with Gasteiger partial charge in [0.2, 0.25) is 5.96 Å². The van der Waals surface area contributed by atoms with Crippen molar-refractivity contribution in [3.05, 3.63) is 65.2 Å². The summed E-state index contributed by atoms with van der Waals surface area (Å²) in [7, 11) is 2.14. The van der Waals surface area contributed by atoms with Gasteiger partial charge in [0.1, 0.15) is 6.04 Å². The highest BCUT2D eigenvalue weighted by atomic mass is 16.2. The lowest BCUT2D eigenvalue weighted by Crippen LogP contribution is -2.52. The molecule has 0 aromatic heterocycles. The van der Waals surface area contributed by atoms with Gasteiger partial charge in [-0.3, -0.25) is 4.79 Å². The van der Waals surface area contributed by atoms with E-state index in [1.54, 1.807) is 0 Å². The summed E-state index contributed by atoms with van der Waals surface area (Å²) in [6, 6.07) is 16.1. The molecule has 28 heavy (non-hydrogen) atoms. The van der Waals surface area contributed by atoms with Crippen molar-refractivity contribution in [3.8, 4) is 0 Å². The van der Waals surface area contributed by atoms with E-state index in [0.717, 1.165) is 49.0 Å². The average molecular weight is 377 g/mol. The second-order valence-electron chi connectivity index (χ2n) is 7.89. The fourth-order valence-electron chi connectivity index (χ4n) is 3.98. The summed E-state index contributed by atoms with van der Waals surface area (Å²) in [5.41, 5.74) is 4.40. The Bertz CT molecular complexity index is 885. The summed E-state index contributed by atoms with van der Waals surface area (Å²) in [5.74, 6) is 0.885. The van der Waals surface area contributed by atoms with Crippen molar-refractivity contribution in [3.63, 3.8) is 0 Å². The summed E-state index contributed by atoms with van der Waals surface area (Å²) in [6.07, 6.45) is 0.637. The molecule has 0 aliphatic carbocycles. The summed E-state index contributed by atoms with van der Waals surface area (Å²) >= 11 is 0. The predicted octanol–water partition coefficient (Wildman–Crippen LogP) is 2.86. The van der Waals surface area contributed by atoms with Crippen molar-refractivity contribution in [2.24, 2.45) is 4.99 Å². The molecule has 2 heterocycles. The summed E-state index contributed by atoms with van der Waals surface area (Å²) in [4.78, 5) is 24.8. The molecule has 5 heteroatoms. The molecule has 2 aromatic rings. The Morgan fingerprint density at radius 1 is 1.00 bits per heavy atom. The molecule has 1 atom stereocenters. The van der Waals surface area contributed by atoms with Crippen LogP contribution in [0, 0.1) is 13.8 Å². The van der Waals surface area contributed by atoms with Gasteiger partial charge in [0.05, 0.1) is 5.69 Å². The van der Waals surface area contributed by atoms with Gasteiger partial charge in [-0.1, -0.05) is 48.0 Å². The topological polar surface area (TPSA) is 39.2 Å². The maximum Gasteiger partial charge on any atom is 0.259 e. The number of hydrogen-bond acceptors (Lipinski definition) is 4. The highest BCUT2D eigenvalue weighted by Crippen LogP contribution is 2.29. The van der Waals surface area contributed by atoms with Crippen molar-refractivity contribution in [1.29, 1.82) is 0 Å². The Kier molecular flexibility index (Phi) is 5.18. The minimum Gasteiger partial charge on any atom is -0.340 e. The van der Waals surface area contributed by atoms with Gasteiger partial charge in [0.15, 0.2) is 0 Å². The Morgan fingerprint density at radius 3 is 2.39 bits per heavy atom. The molecule has 0 spiro atoms. The molecule has 0 radical (unpaired) electrons. The molecule has 1 unspecified atom stereocenters. The third-order valence-corrected chi connectivity index (χ3v) is 5.63. The molecule has 1 fully saturated rings. The van der Waals surface area contributed by atoms with E-state index in [4.69, 9.17) is 4.99 Å². The number of hydrogen-bond donors (Lipinski definition) is 0. The number of likely N-dealkylation sites (N-methyl/N-ethyl adjacent to an activating group) is 1. The summed E-state index contributed by atoms with van der Waals surface area (Å²) in [6.45, 7) is 7.90. The first-order valence-electron chi connectivity index (χ1n) is 9.99. The molecule has 146 valence electrons. The Labute approximate surface area is 167 Å². The SMILES string of the molecule is Cc1ccc(N2C(=O)C(Cc3ccccc3)N=C2N2CCN(C)CC2)c(C)c1. The summed E-state index contributed by atoms with van der Waals surface area (Å²) < 4.78 is 0. The van der Waals surface area contributed by atoms with Crippen LogP contribution in [0.2, 0.25) is 0 Å². The van der Waals surface area contributed by atoms with Gasteiger partial charge < -0.3 is 9.80 Å². The minimum atomic E-state index is -0.363. The quantitative estimate of drug-likeness (QED) is 0.827. The molecule has 1 amide bonds. The molecular weight excluding hydrogens is 348 g/mol. The van der Waals surface area contributed by atoms with Gasteiger partial charge in [0, 0.05) is 32.6 Å². The Balaban J connectivity index is 1.68. The number of carbonyl (C=O) groups is 1. The number of rotatable bonds is 3. The highest BCUT2D eigenvalue weighted by molar-refractivity contribution is 6.22. The maximum absolute atomic E-state index is 13.4. The number of aryl methyl sites for hydroxylation is 2. The number of guanidine groups is 1. The molecule has 2 aliphatic rings. The maximum atomic E-state index is 13.4. The Hall–Kier alpha value is -2.66. The standard InChI is InChI=1S/C23H28N4O/c1-17-9-10-21(18(2)15-17)27-22(28)20(16-19-7-5-4-6-8-19)24-23(27)26-13-11-25(3)12-14-26/h4-10,15,20H,11-14,16H2,1-3H3. The smallest absolute Gasteiger partial charge is 0.259 e. The molecule has 4 rings (SSSR count). The zero-order chi connectivity index (χ0) is 19.7. The van der Waals surface area contributed by atoms with E-state index in [9.17, 15) is 4.79 Å². The molecule has 5 nitrogen and oxygen atoms in total. The van der Waals surface area contributed by atoms with Crippen LogP contribution in [0.3, 0.4) is 0 Å².